The summed E-state index contributed by atoms with van der Waals surface area (Å²) in [7, 11) is 0. The summed E-state index contributed by atoms with van der Waals surface area (Å²) in [5, 5.41) is 0. The number of carbonyl (C=O) groups is 2. The van der Waals surface area contributed by atoms with Crippen molar-refractivity contribution in [1.82, 2.24) is 0 Å². The molecule has 0 aliphatic heterocycles. The number of unbranched alkanes of at least 4 members (excludes halogenated alkanes) is 18. The van der Waals surface area contributed by atoms with Crippen LogP contribution in [-0.2, 0) is 9.59 Å². The maximum absolute atomic E-state index is 11.4. The molecule has 0 fully saturated rings. The molecule has 0 radical (unpaired) electrons. The predicted molar refractivity (Wildman–Crippen MR) is 229 cm³/mol. The van der Waals surface area contributed by atoms with Crippen molar-refractivity contribution in [2.45, 2.75) is 156 Å². The summed E-state index contributed by atoms with van der Waals surface area (Å²) in [4.78, 5) is 22.8. The summed E-state index contributed by atoms with van der Waals surface area (Å²) in [6.07, 6.45) is 25.1. The van der Waals surface area contributed by atoms with E-state index in [1.807, 2.05) is 36.4 Å². The van der Waals surface area contributed by atoms with Gasteiger partial charge in [-0.05, 0) is 61.4 Å². The van der Waals surface area contributed by atoms with Crippen LogP contribution in [-0.4, -0.2) is 25.2 Å². The Kier molecular flexibility index (Phi) is 23.4. The van der Waals surface area contributed by atoms with E-state index in [0.717, 1.165) is 47.9 Å². The van der Waals surface area contributed by atoms with E-state index in [-0.39, 0.29) is 11.9 Å². The van der Waals surface area contributed by atoms with Gasteiger partial charge < -0.3 is 18.9 Å². The minimum atomic E-state index is -0.361. The molecule has 6 nitrogen and oxygen atoms in total. The lowest BCUT2D eigenvalue weighted by Crippen LogP contribution is -2.03. The Bertz CT molecular complexity index is 1560. The summed E-state index contributed by atoms with van der Waals surface area (Å²) in [5.74, 6) is 14.8. The van der Waals surface area contributed by atoms with E-state index < -0.39 is 0 Å². The van der Waals surface area contributed by atoms with Crippen molar-refractivity contribution in [2.75, 3.05) is 13.2 Å². The largest absolute Gasteiger partial charge is 0.492 e. The number of esters is 2. The highest BCUT2D eigenvalue weighted by Crippen LogP contribution is 2.30. The van der Waals surface area contributed by atoms with Gasteiger partial charge in [0.25, 0.3) is 0 Å². The van der Waals surface area contributed by atoms with Gasteiger partial charge in [-0.25, -0.2) is 0 Å². The molecule has 3 aromatic carbocycles. The molecular formula is C50H66O6. The lowest BCUT2D eigenvalue weighted by molar-refractivity contribution is -0.132. The minimum Gasteiger partial charge on any atom is -0.492 e. The molecule has 0 heterocycles. The molecule has 0 N–H and O–H groups in total. The highest BCUT2D eigenvalue weighted by molar-refractivity contribution is 5.70. The number of carbonyl (C=O) groups excluding carboxylic acids is 2. The summed E-state index contributed by atoms with van der Waals surface area (Å²) in [6.45, 7) is 8.47. The van der Waals surface area contributed by atoms with Crippen LogP contribution in [0, 0.1) is 23.7 Å². The fraction of sp³-hybridized carbons (Fsp3) is 0.520. The zero-order valence-corrected chi connectivity index (χ0v) is 34.8. The van der Waals surface area contributed by atoms with Gasteiger partial charge in [-0.2, -0.15) is 0 Å². The van der Waals surface area contributed by atoms with Gasteiger partial charge in [-0.1, -0.05) is 153 Å². The van der Waals surface area contributed by atoms with Crippen molar-refractivity contribution in [3.63, 3.8) is 0 Å². The van der Waals surface area contributed by atoms with E-state index in [1.54, 1.807) is 24.3 Å². The lowest BCUT2D eigenvalue weighted by atomic mass is 10.1. The Morgan fingerprint density at radius 2 is 0.732 bits per heavy atom. The van der Waals surface area contributed by atoms with Crippen LogP contribution in [0.2, 0.25) is 0 Å². The van der Waals surface area contributed by atoms with Gasteiger partial charge in [0.15, 0.2) is 0 Å². The van der Waals surface area contributed by atoms with Crippen molar-refractivity contribution in [3.8, 4) is 46.7 Å². The zero-order valence-electron chi connectivity index (χ0n) is 34.8. The first-order chi connectivity index (χ1) is 27.4. The lowest BCUT2D eigenvalue weighted by Gasteiger charge is -2.14. The zero-order chi connectivity index (χ0) is 40.1. The third kappa shape index (κ3) is 20.3. The molecule has 0 aliphatic carbocycles. The number of benzene rings is 3. The number of hydrogen-bond acceptors (Lipinski definition) is 6. The van der Waals surface area contributed by atoms with Gasteiger partial charge in [0.05, 0.1) is 24.3 Å². The maximum Gasteiger partial charge on any atom is 0.308 e. The molecule has 0 saturated heterocycles. The molecule has 3 aromatic rings. The summed E-state index contributed by atoms with van der Waals surface area (Å²) >= 11 is 0. The third-order valence-corrected chi connectivity index (χ3v) is 9.51. The SMILES string of the molecule is CCCCCCCCCCCCOc1cc(C#Cc2ccc(OC(C)=O)cc2)c(OCCCCCCCCCCCC)cc1C#Cc1ccc(OC(C)=O)cc1. The monoisotopic (exact) mass is 762 g/mol. The molecule has 0 aromatic heterocycles. The van der Waals surface area contributed by atoms with Crippen LogP contribution in [0.15, 0.2) is 60.7 Å². The molecule has 0 atom stereocenters. The summed E-state index contributed by atoms with van der Waals surface area (Å²) in [6, 6.07) is 18.2. The Hall–Kier alpha value is -4.68. The number of ether oxygens (including phenoxy) is 4. The highest BCUT2D eigenvalue weighted by Gasteiger charge is 2.12. The van der Waals surface area contributed by atoms with Crippen LogP contribution in [0.1, 0.15) is 178 Å². The Labute approximate surface area is 338 Å². The smallest absolute Gasteiger partial charge is 0.308 e. The van der Waals surface area contributed by atoms with Gasteiger partial charge in [0.1, 0.15) is 23.0 Å². The first-order valence-electron chi connectivity index (χ1n) is 21.4. The Morgan fingerprint density at radius 1 is 0.429 bits per heavy atom. The van der Waals surface area contributed by atoms with E-state index in [2.05, 4.69) is 37.5 Å². The molecular weight excluding hydrogens is 697 g/mol. The fourth-order valence-corrected chi connectivity index (χ4v) is 6.36. The first-order valence-corrected chi connectivity index (χ1v) is 21.4. The van der Waals surface area contributed by atoms with E-state index in [9.17, 15) is 9.59 Å². The molecule has 0 spiro atoms. The highest BCUT2D eigenvalue weighted by atomic mass is 16.5. The van der Waals surface area contributed by atoms with E-state index >= 15 is 0 Å². The average Bonchev–Trinajstić information content (AvgIpc) is 3.18. The molecule has 3 rings (SSSR count). The minimum absolute atomic E-state index is 0.361. The van der Waals surface area contributed by atoms with Gasteiger partial charge in [0, 0.05) is 37.1 Å². The molecule has 56 heavy (non-hydrogen) atoms. The second-order valence-corrected chi connectivity index (χ2v) is 14.6. The molecule has 0 amide bonds. The van der Waals surface area contributed by atoms with Crippen LogP contribution in [0.3, 0.4) is 0 Å². The van der Waals surface area contributed by atoms with Crippen molar-refractivity contribution < 1.29 is 28.5 Å². The van der Waals surface area contributed by atoms with Crippen LogP contribution in [0.4, 0.5) is 0 Å². The summed E-state index contributed by atoms with van der Waals surface area (Å²) in [5.41, 5.74) is 3.04. The molecule has 0 unspecified atom stereocenters. The maximum atomic E-state index is 11.4. The van der Waals surface area contributed by atoms with Crippen molar-refractivity contribution >= 4 is 11.9 Å². The van der Waals surface area contributed by atoms with E-state index in [4.69, 9.17) is 18.9 Å². The van der Waals surface area contributed by atoms with Crippen LogP contribution >= 0.6 is 0 Å². The van der Waals surface area contributed by atoms with Gasteiger partial charge in [-0.3, -0.25) is 9.59 Å². The Morgan fingerprint density at radius 3 is 1.04 bits per heavy atom. The van der Waals surface area contributed by atoms with Crippen LogP contribution in [0.5, 0.6) is 23.0 Å². The quantitative estimate of drug-likeness (QED) is 0.0351. The fourth-order valence-electron chi connectivity index (χ4n) is 6.36. The topological polar surface area (TPSA) is 71.1 Å². The third-order valence-electron chi connectivity index (χ3n) is 9.51. The van der Waals surface area contributed by atoms with E-state index in [0.29, 0.717) is 36.2 Å². The molecule has 0 aliphatic rings. The van der Waals surface area contributed by atoms with Gasteiger partial charge in [-0.15, -0.1) is 0 Å². The number of hydrogen-bond donors (Lipinski definition) is 0. The summed E-state index contributed by atoms with van der Waals surface area (Å²) < 4.78 is 23.3. The number of rotatable bonds is 26. The average molecular weight is 763 g/mol. The molecule has 0 saturated carbocycles. The van der Waals surface area contributed by atoms with Crippen molar-refractivity contribution in [2.24, 2.45) is 0 Å². The second kappa shape index (κ2) is 28.7. The van der Waals surface area contributed by atoms with Crippen LogP contribution in [0.25, 0.3) is 0 Å². The van der Waals surface area contributed by atoms with E-state index in [1.165, 1.54) is 117 Å². The molecule has 302 valence electrons. The predicted octanol–water partition coefficient (Wildman–Crippen LogP) is 12.9. The van der Waals surface area contributed by atoms with Crippen molar-refractivity contribution in [1.29, 1.82) is 0 Å². The van der Waals surface area contributed by atoms with Crippen molar-refractivity contribution in [3.05, 3.63) is 82.9 Å². The molecule has 0 bridgehead atoms. The van der Waals surface area contributed by atoms with Gasteiger partial charge >= 0.3 is 11.9 Å². The first kappa shape index (κ1) is 45.7. The molecule has 6 heteroatoms. The van der Waals surface area contributed by atoms with Crippen LogP contribution < -0.4 is 18.9 Å². The second-order valence-electron chi connectivity index (χ2n) is 14.6. The Balaban J connectivity index is 1.78. The van der Waals surface area contributed by atoms with Gasteiger partial charge in [0.2, 0.25) is 0 Å². The standard InChI is InChI=1S/C50H66O6/c1-5-7-9-11-13-15-17-19-21-23-37-53-49-39-46(32-26-44-29-35-48(36-30-44)56-42(4)52)50(54-38-24-22-20-18-16-14-12-10-8-6-2)40-45(49)31-25-43-27-33-47(34-28-43)55-41(3)51/h27-30,33-36,39-40H,5-24,37-38H2,1-4H3. The normalized spacial score (nSPS) is 10.5.